The zero-order chi connectivity index (χ0) is 13.1. The zero-order valence-corrected chi connectivity index (χ0v) is 9.48. The molecule has 1 aliphatic carbocycles. The van der Waals surface area contributed by atoms with Gasteiger partial charge in [-0.05, 0) is 25.3 Å². The standard InChI is InChI=1S/C11H12FN3O3/c12-9-6-8(15(17)18)4-5-10(9)14-11(16)13-7-2-1-3-7/h4-7H,1-3H2,(H2,13,14,16). The Morgan fingerprint density at radius 1 is 1.44 bits per heavy atom. The van der Waals surface area contributed by atoms with Gasteiger partial charge in [-0.2, -0.15) is 0 Å². The van der Waals surface area contributed by atoms with Crippen molar-refractivity contribution in [3.8, 4) is 0 Å². The number of nitro groups is 1. The van der Waals surface area contributed by atoms with Crippen molar-refractivity contribution in [1.82, 2.24) is 5.32 Å². The zero-order valence-electron chi connectivity index (χ0n) is 9.48. The van der Waals surface area contributed by atoms with Gasteiger partial charge in [0.2, 0.25) is 0 Å². The van der Waals surface area contributed by atoms with Crippen LogP contribution in [0.15, 0.2) is 18.2 Å². The summed E-state index contributed by atoms with van der Waals surface area (Å²) in [5, 5.41) is 15.4. The maximum absolute atomic E-state index is 13.5. The number of urea groups is 1. The van der Waals surface area contributed by atoms with Crippen LogP contribution in [0.5, 0.6) is 0 Å². The van der Waals surface area contributed by atoms with E-state index in [1.54, 1.807) is 0 Å². The number of benzene rings is 1. The first-order valence-electron chi connectivity index (χ1n) is 5.58. The van der Waals surface area contributed by atoms with Crippen molar-refractivity contribution in [3.05, 3.63) is 34.1 Å². The van der Waals surface area contributed by atoms with E-state index in [2.05, 4.69) is 10.6 Å². The second-order valence-corrected chi connectivity index (χ2v) is 4.15. The molecule has 2 amide bonds. The van der Waals surface area contributed by atoms with Crippen molar-refractivity contribution in [2.24, 2.45) is 0 Å². The van der Waals surface area contributed by atoms with E-state index in [9.17, 15) is 19.3 Å². The summed E-state index contributed by atoms with van der Waals surface area (Å²) in [5.74, 6) is -0.826. The predicted octanol–water partition coefficient (Wildman–Crippen LogP) is 2.41. The van der Waals surface area contributed by atoms with Crippen molar-refractivity contribution in [1.29, 1.82) is 0 Å². The summed E-state index contributed by atoms with van der Waals surface area (Å²) in [7, 11) is 0. The molecule has 0 unspecified atom stereocenters. The Balaban J connectivity index is 2.00. The van der Waals surface area contributed by atoms with E-state index in [4.69, 9.17) is 0 Å². The van der Waals surface area contributed by atoms with Gasteiger partial charge in [-0.15, -0.1) is 0 Å². The molecule has 1 aromatic carbocycles. The SMILES string of the molecule is O=C(Nc1ccc([N+](=O)[O-])cc1F)NC1CCC1. The van der Waals surface area contributed by atoms with Gasteiger partial charge in [0.1, 0.15) is 0 Å². The van der Waals surface area contributed by atoms with Gasteiger partial charge in [0, 0.05) is 12.1 Å². The molecule has 18 heavy (non-hydrogen) atoms. The lowest BCUT2D eigenvalue weighted by atomic mass is 9.93. The normalized spacial score (nSPS) is 14.7. The number of nitrogens with zero attached hydrogens (tertiary/aromatic N) is 1. The average molecular weight is 253 g/mol. The van der Waals surface area contributed by atoms with Crippen LogP contribution in [-0.2, 0) is 0 Å². The summed E-state index contributed by atoms with van der Waals surface area (Å²) >= 11 is 0. The van der Waals surface area contributed by atoms with E-state index in [-0.39, 0.29) is 17.4 Å². The molecule has 96 valence electrons. The van der Waals surface area contributed by atoms with Crippen LogP contribution >= 0.6 is 0 Å². The minimum Gasteiger partial charge on any atom is -0.335 e. The van der Waals surface area contributed by atoms with Gasteiger partial charge < -0.3 is 10.6 Å². The third-order valence-corrected chi connectivity index (χ3v) is 2.85. The number of hydrogen-bond donors (Lipinski definition) is 2. The van der Waals surface area contributed by atoms with Crippen LogP contribution < -0.4 is 10.6 Å². The molecule has 0 atom stereocenters. The topological polar surface area (TPSA) is 84.3 Å². The smallest absolute Gasteiger partial charge is 0.319 e. The van der Waals surface area contributed by atoms with Crippen molar-refractivity contribution in [2.45, 2.75) is 25.3 Å². The summed E-state index contributed by atoms with van der Waals surface area (Å²) in [6.45, 7) is 0. The van der Waals surface area contributed by atoms with Gasteiger partial charge in [0.05, 0.1) is 16.7 Å². The molecule has 7 heteroatoms. The van der Waals surface area contributed by atoms with E-state index < -0.39 is 16.8 Å². The van der Waals surface area contributed by atoms with Crippen molar-refractivity contribution in [3.63, 3.8) is 0 Å². The molecule has 0 aliphatic heterocycles. The molecule has 0 heterocycles. The largest absolute Gasteiger partial charge is 0.335 e. The first-order valence-corrected chi connectivity index (χ1v) is 5.58. The molecular formula is C11H12FN3O3. The number of nitrogens with one attached hydrogen (secondary N) is 2. The molecule has 2 rings (SSSR count). The molecule has 1 aliphatic rings. The quantitative estimate of drug-likeness (QED) is 0.640. The fourth-order valence-corrected chi connectivity index (χ4v) is 1.62. The number of non-ortho nitro benzene ring substituents is 1. The molecular weight excluding hydrogens is 241 g/mol. The van der Waals surface area contributed by atoms with Gasteiger partial charge in [-0.1, -0.05) is 0 Å². The Bertz CT molecular complexity index is 488. The summed E-state index contributed by atoms with van der Waals surface area (Å²) in [4.78, 5) is 21.2. The summed E-state index contributed by atoms with van der Waals surface area (Å²) in [6, 6.07) is 2.74. The van der Waals surface area contributed by atoms with E-state index in [0.717, 1.165) is 31.4 Å². The van der Waals surface area contributed by atoms with Crippen molar-refractivity contribution >= 4 is 17.4 Å². The number of nitro benzene ring substituents is 1. The molecule has 0 spiro atoms. The molecule has 0 bridgehead atoms. The minimum absolute atomic E-state index is 0.0718. The molecule has 1 aromatic rings. The average Bonchev–Trinajstić information content (AvgIpc) is 2.26. The Kier molecular flexibility index (Phi) is 3.40. The number of carbonyl (C=O) groups is 1. The Morgan fingerprint density at radius 2 is 2.17 bits per heavy atom. The molecule has 2 N–H and O–H groups in total. The number of hydrogen-bond acceptors (Lipinski definition) is 3. The highest BCUT2D eigenvalue weighted by molar-refractivity contribution is 5.89. The second kappa shape index (κ2) is 4.99. The maximum atomic E-state index is 13.5. The number of carbonyl (C=O) groups excluding carboxylic acids is 1. The van der Waals surface area contributed by atoms with E-state index >= 15 is 0 Å². The fourth-order valence-electron chi connectivity index (χ4n) is 1.62. The van der Waals surface area contributed by atoms with Crippen molar-refractivity contribution in [2.75, 3.05) is 5.32 Å². The van der Waals surface area contributed by atoms with Crippen LogP contribution in [0.2, 0.25) is 0 Å². The Hall–Kier alpha value is -2.18. The maximum Gasteiger partial charge on any atom is 0.319 e. The van der Waals surface area contributed by atoms with Gasteiger partial charge >= 0.3 is 6.03 Å². The Labute approximate surface area is 102 Å². The predicted molar refractivity (Wildman–Crippen MR) is 62.8 cm³/mol. The van der Waals surface area contributed by atoms with E-state index in [1.165, 1.54) is 6.07 Å². The third kappa shape index (κ3) is 2.73. The highest BCUT2D eigenvalue weighted by Gasteiger charge is 2.20. The van der Waals surface area contributed by atoms with Crippen LogP contribution in [0.3, 0.4) is 0 Å². The summed E-state index contributed by atoms with van der Waals surface area (Å²) in [6.07, 6.45) is 2.93. The first kappa shape index (κ1) is 12.3. The molecule has 6 nitrogen and oxygen atoms in total. The van der Waals surface area contributed by atoms with Gasteiger partial charge in [-0.3, -0.25) is 10.1 Å². The lowest BCUT2D eigenvalue weighted by molar-refractivity contribution is -0.385. The molecule has 0 aromatic heterocycles. The molecule has 0 saturated heterocycles. The van der Waals surface area contributed by atoms with E-state index in [1.807, 2.05) is 0 Å². The van der Waals surface area contributed by atoms with E-state index in [0.29, 0.717) is 0 Å². The van der Waals surface area contributed by atoms with Crippen molar-refractivity contribution < 1.29 is 14.1 Å². The second-order valence-electron chi connectivity index (χ2n) is 4.15. The number of amides is 2. The minimum atomic E-state index is -0.826. The summed E-state index contributed by atoms with van der Waals surface area (Å²) in [5.41, 5.74) is -0.421. The highest BCUT2D eigenvalue weighted by atomic mass is 19.1. The van der Waals surface area contributed by atoms with Crippen LogP contribution in [0.25, 0.3) is 0 Å². The van der Waals surface area contributed by atoms with Crippen LogP contribution in [0.1, 0.15) is 19.3 Å². The monoisotopic (exact) mass is 253 g/mol. The van der Waals surface area contributed by atoms with Crippen LogP contribution in [-0.4, -0.2) is 17.0 Å². The van der Waals surface area contributed by atoms with Gasteiger partial charge in [0.15, 0.2) is 5.82 Å². The first-order chi connectivity index (χ1) is 8.56. The molecule has 0 radical (unpaired) electrons. The number of rotatable bonds is 3. The lowest BCUT2D eigenvalue weighted by Crippen LogP contribution is -2.41. The van der Waals surface area contributed by atoms with Gasteiger partial charge in [0.25, 0.3) is 5.69 Å². The Morgan fingerprint density at radius 3 is 2.67 bits per heavy atom. The summed E-state index contributed by atoms with van der Waals surface area (Å²) < 4.78 is 13.5. The highest BCUT2D eigenvalue weighted by Crippen LogP contribution is 2.21. The molecule has 1 saturated carbocycles. The molecule has 1 fully saturated rings. The van der Waals surface area contributed by atoms with Crippen LogP contribution in [0, 0.1) is 15.9 Å². The lowest BCUT2D eigenvalue weighted by Gasteiger charge is -2.26. The third-order valence-electron chi connectivity index (χ3n) is 2.85. The number of halogens is 1. The fraction of sp³-hybridized carbons (Fsp3) is 0.364. The number of anilines is 1. The van der Waals surface area contributed by atoms with Gasteiger partial charge in [-0.25, -0.2) is 9.18 Å². The van der Waals surface area contributed by atoms with Crippen LogP contribution in [0.4, 0.5) is 20.6 Å².